The average Bonchev–Trinajstić information content (AvgIpc) is 3.47. The van der Waals surface area contributed by atoms with Crippen LogP contribution in [0.3, 0.4) is 0 Å². The summed E-state index contributed by atoms with van der Waals surface area (Å²) in [6.45, 7) is 4.14. The van der Waals surface area contributed by atoms with Gasteiger partial charge in [-0.05, 0) is 62.7 Å². The first-order valence-corrected chi connectivity index (χ1v) is 10.7. The van der Waals surface area contributed by atoms with E-state index >= 15 is 0 Å². The van der Waals surface area contributed by atoms with Gasteiger partial charge in [0.05, 0.1) is 31.2 Å². The third kappa shape index (κ3) is 4.14. The van der Waals surface area contributed by atoms with Crippen LogP contribution < -0.4 is 14.8 Å². The van der Waals surface area contributed by atoms with E-state index in [9.17, 15) is 0 Å². The van der Waals surface area contributed by atoms with Gasteiger partial charge in [-0.3, -0.25) is 0 Å². The summed E-state index contributed by atoms with van der Waals surface area (Å²) in [4.78, 5) is 11.4. The van der Waals surface area contributed by atoms with Crippen molar-refractivity contribution in [1.82, 2.24) is 14.9 Å². The SMILES string of the molecule is COc1cc2c(Nc3ccc4cccoc3-4)ncnc2cc1OCCCN1CCCC1. The molecule has 1 aromatic heterocycles. The van der Waals surface area contributed by atoms with E-state index in [1.165, 1.54) is 25.9 Å². The molecule has 2 aliphatic heterocycles. The Hall–Kier alpha value is -3.32. The first-order valence-electron chi connectivity index (χ1n) is 10.7. The molecule has 0 saturated carbocycles. The van der Waals surface area contributed by atoms with Crippen molar-refractivity contribution in [2.45, 2.75) is 19.3 Å². The monoisotopic (exact) mass is 418 g/mol. The molecule has 1 N–H and O–H groups in total. The van der Waals surface area contributed by atoms with E-state index in [1.54, 1.807) is 19.7 Å². The molecule has 7 nitrogen and oxygen atoms in total. The Morgan fingerprint density at radius 2 is 2.00 bits per heavy atom. The number of fused-ring (bicyclic) bond motifs is 2. The summed E-state index contributed by atoms with van der Waals surface area (Å²) >= 11 is 0. The van der Waals surface area contributed by atoms with Gasteiger partial charge in [-0.25, -0.2) is 9.97 Å². The van der Waals surface area contributed by atoms with E-state index in [-0.39, 0.29) is 0 Å². The fourth-order valence-electron chi connectivity index (χ4n) is 4.13. The number of rotatable bonds is 8. The van der Waals surface area contributed by atoms with Crippen molar-refractivity contribution < 1.29 is 13.9 Å². The smallest absolute Gasteiger partial charge is 0.163 e. The van der Waals surface area contributed by atoms with Gasteiger partial charge in [0, 0.05) is 23.6 Å². The van der Waals surface area contributed by atoms with Crippen molar-refractivity contribution in [3.63, 3.8) is 0 Å². The molecule has 1 aliphatic carbocycles. The zero-order valence-corrected chi connectivity index (χ0v) is 17.6. The maximum atomic E-state index is 6.05. The van der Waals surface area contributed by atoms with Crippen LogP contribution in [-0.2, 0) is 0 Å². The minimum absolute atomic E-state index is 0.648. The molecule has 0 atom stereocenters. The summed E-state index contributed by atoms with van der Waals surface area (Å²) in [5.41, 5.74) is 2.68. The topological polar surface area (TPSA) is 72.6 Å². The van der Waals surface area contributed by atoms with E-state index in [4.69, 9.17) is 13.9 Å². The summed E-state index contributed by atoms with van der Waals surface area (Å²) in [6, 6.07) is 11.7. The number of ether oxygens (including phenoxy) is 2. The highest BCUT2D eigenvalue weighted by atomic mass is 16.5. The van der Waals surface area contributed by atoms with Gasteiger partial charge in [0.2, 0.25) is 0 Å². The van der Waals surface area contributed by atoms with Gasteiger partial charge < -0.3 is 24.1 Å². The van der Waals surface area contributed by atoms with Crippen LogP contribution in [0.2, 0.25) is 0 Å². The molecule has 0 radical (unpaired) electrons. The number of nitrogens with one attached hydrogen (secondary N) is 1. The van der Waals surface area contributed by atoms with Crippen LogP contribution >= 0.6 is 0 Å². The van der Waals surface area contributed by atoms with Crippen LogP contribution in [0.25, 0.3) is 22.2 Å². The fraction of sp³-hybridized carbons (Fsp3) is 0.333. The summed E-state index contributed by atoms with van der Waals surface area (Å²) < 4.78 is 17.3. The maximum absolute atomic E-state index is 6.05. The Bertz CT molecular complexity index is 1140. The van der Waals surface area contributed by atoms with Crippen LogP contribution in [0.15, 0.2) is 53.4 Å². The van der Waals surface area contributed by atoms with Crippen LogP contribution in [0.5, 0.6) is 11.5 Å². The third-order valence-electron chi connectivity index (χ3n) is 5.73. The number of hydrogen-bond donors (Lipinski definition) is 1. The highest BCUT2D eigenvalue weighted by Gasteiger charge is 2.16. The predicted molar refractivity (Wildman–Crippen MR) is 120 cm³/mol. The standard InChI is InChI=1S/C24H26N4O3/c1-29-21-14-18-20(15-22(21)30-13-5-11-28-9-2-3-10-28)25-16-26-24(18)27-19-8-7-17-6-4-12-31-23(17)19/h4,6-8,12,14-16H,2-3,5,9-11,13H2,1H3,(H,25,26,27). The van der Waals surface area contributed by atoms with Crippen molar-refractivity contribution in [1.29, 1.82) is 0 Å². The van der Waals surface area contributed by atoms with E-state index < -0.39 is 0 Å². The van der Waals surface area contributed by atoms with Crippen molar-refractivity contribution in [2.75, 3.05) is 38.7 Å². The van der Waals surface area contributed by atoms with Gasteiger partial charge in [-0.15, -0.1) is 0 Å². The summed E-state index contributed by atoms with van der Waals surface area (Å²) in [6.07, 6.45) is 6.83. The van der Waals surface area contributed by atoms with Gasteiger partial charge in [0.1, 0.15) is 12.1 Å². The summed E-state index contributed by atoms with van der Waals surface area (Å²) in [5.74, 6) is 2.85. The van der Waals surface area contributed by atoms with Gasteiger partial charge in [-0.2, -0.15) is 0 Å². The largest absolute Gasteiger partial charge is 0.493 e. The Balaban J connectivity index is 1.36. The molecule has 7 heteroatoms. The summed E-state index contributed by atoms with van der Waals surface area (Å²) in [7, 11) is 1.65. The van der Waals surface area contributed by atoms with E-state index in [0.29, 0.717) is 23.9 Å². The molecule has 0 amide bonds. The Kier molecular flexibility index (Phi) is 5.58. The minimum atomic E-state index is 0.648. The molecule has 0 bridgehead atoms. The molecule has 2 aromatic rings. The second kappa shape index (κ2) is 8.81. The molecule has 1 fully saturated rings. The fourth-order valence-corrected chi connectivity index (χ4v) is 4.13. The molecule has 0 unspecified atom stereocenters. The molecule has 1 aromatic carbocycles. The highest BCUT2D eigenvalue weighted by molar-refractivity contribution is 5.94. The number of aromatic nitrogens is 2. The molecule has 5 rings (SSSR count). The molecule has 0 spiro atoms. The summed E-state index contributed by atoms with van der Waals surface area (Å²) in [5, 5.41) is 4.23. The van der Waals surface area contributed by atoms with Crippen LogP contribution in [-0.4, -0.2) is 48.2 Å². The lowest BCUT2D eigenvalue weighted by Gasteiger charge is -2.16. The highest BCUT2D eigenvalue weighted by Crippen LogP contribution is 2.37. The first-order chi connectivity index (χ1) is 15.3. The minimum Gasteiger partial charge on any atom is -0.493 e. The Morgan fingerprint density at radius 1 is 1.10 bits per heavy atom. The molecular weight excluding hydrogens is 392 g/mol. The predicted octanol–water partition coefficient (Wildman–Crippen LogP) is 4.94. The second-order valence-electron chi connectivity index (χ2n) is 7.76. The van der Waals surface area contributed by atoms with E-state index in [2.05, 4.69) is 20.2 Å². The maximum Gasteiger partial charge on any atom is 0.163 e. The number of methoxy groups -OCH3 is 1. The van der Waals surface area contributed by atoms with Crippen LogP contribution in [0, 0.1) is 0 Å². The number of likely N-dealkylation sites (tertiary alicyclic amines) is 1. The van der Waals surface area contributed by atoms with Crippen molar-refractivity contribution in [3.8, 4) is 22.8 Å². The Labute approximate surface area is 181 Å². The van der Waals surface area contributed by atoms with Gasteiger partial charge in [0.15, 0.2) is 17.3 Å². The van der Waals surface area contributed by atoms with Gasteiger partial charge in [-0.1, -0.05) is 0 Å². The molecule has 31 heavy (non-hydrogen) atoms. The number of nitrogens with zero attached hydrogens (tertiary/aromatic N) is 3. The average molecular weight is 418 g/mol. The lowest BCUT2D eigenvalue weighted by atomic mass is 10.2. The van der Waals surface area contributed by atoms with Gasteiger partial charge in [0.25, 0.3) is 0 Å². The van der Waals surface area contributed by atoms with Crippen molar-refractivity contribution in [3.05, 3.63) is 49.0 Å². The number of benzene rings is 1. The molecule has 160 valence electrons. The van der Waals surface area contributed by atoms with Gasteiger partial charge >= 0.3 is 0 Å². The molecule has 1 saturated heterocycles. The lowest BCUT2D eigenvalue weighted by Crippen LogP contribution is -2.21. The second-order valence-corrected chi connectivity index (χ2v) is 7.76. The van der Waals surface area contributed by atoms with Crippen LogP contribution in [0.4, 0.5) is 11.5 Å². The lowest BCUT2D eigenvalue weighted by molar-refractivity contribution is 0.254. The molecular formula is C24H26N4O3. The first kappa shape index (κ1) is 19.6. The molecule has 3 heterocycles. The number of anilines is 2. The van der Waals surface area contributed by atoms with Crippen molar-refractivity contribution >= 4 is 22.4 Å². The van der Waals surface area contributed by atoms with E-state index in [0.717, 1.165) is 40.9 Å². The van der Waals surface area contributed by atoms with Crippen LogP contribution in [0.1, 0.15) is 19.3 Å². The third-order valence-corrected chi connectivity index (χ3v) is 5.73. The van der Waals surface area contributed by atoms with Crippen molar-refractivity contribution in [2.24, 2.45) is 0 Å². The van der Waals surface area contributed by atoms with E-state index in [1.807, 2.05) is 36.4 Å². The zero-order chi connectivity index (χ0) is 21.0. The Morgan fingerprint density at radius 3 is 2.87 bits per heavy atom. The quantitative estimate of drug-likeness (QED) is 0.406. The molecule has 3 aliphatic rings. The zero-order valence-electron chi connectivity index (χ0n) is 17.6. The normalized spacial score (nSPS) is 14.4. The number of hydrogen-bond acceptors (Lipinski definition) is 7.